The maximum atomic E-state index is 14.8. The van der Waals surface area contributed by atoms with Gasteiger partial charge in [0.2, 0.25) is 5.43 Å². The molecule has 7 heteroatoms. The molecule has 4 rings (SSSR count). The first kappa shape index (κ1) is 16.8. The smallest absolute Gasteiger partial charge is 0.341 e. The number of likely N-dealkylation sites (N-methyl/N-ethyl adjacent to an activating group) is 1. The average Bonchev–Trinajstić information content (AvgIpc) is 2.83. The van der Waals surface area contributed by atoms with Gasteiger partial charge in [0.05, 0.1) is 11.2 Å². The number of aromatic nitrogens is 1. The van der Waals surface area contributed by atoms with Gasteiger partial charge in [0.15, 0.2) is 0 Å². The van der Waals surface area contributed by atoms with E-state index >= 15 is 0 Å². The Labute approximate surface area is 149 Å². The SMILES string of the molecule is C=Cn1cc(C(=O)O)c(=O)c2cc(F)c(N3C[C@H]4CC[C@@H](C3)N4C)cc21. The number of halogens is 1. The molecule has 26 heavy (non-hydrogen) atoms. The first-order chi connectivity index (χ1) is 12.4. The summed E-state index contributed by atoms with van der Waals surface area (Å²) in [6, 6.07) is 3.59. The summed E-state index contributed by atoms with van der Waals surface area (Å²) < 4.78 is 16.3. The molecule has 3 heterocycles. The maximum absolute atomic E-state index is 14.8. The van der Waals surface area contributed by atoms with E-state index in [1.165, 1.54) is 17.0 Å². The van der Waals surface area contributed by atoms with Crippen LogP contribution in [0.5, 0.6) is 0 Å². The summed E-state index contributed by atoms with van der Waals surface area (Å²) in [5.41, 5.74) is -0.185. The van der Waals surface area contributed by atoms with Crippen LogP contribution in [0.25, 0.3) is 17.1 Å². The van der Waals surface area contributed by atoms with Crippen molar-refractivity contribution in [2.24, 2.45) is 0 Å². The van der Waals surface area contributed by atoms with Crippen LogP contribution in [-0.4, -0.2) is 52.8 Å². The lowest BCUT2D eigenvalue weighted by Gasteiger charge is -2.40. The molecule has 2 fully saturated rings. The van der Waals surface area contributed by atoms with Crippen LogP contribution >= 0.6 is 0 Å². The molecule has 2 aliphatic rings. The van der Waals surface area contributed by atoms with Gasteiger partial charge in [-0.15, -0.1) is 0 Å². The maximum Gasteiger partial charge on any atom is 0.341 e. The second-order valence-electron chi connectivity index (χ2n) is 7.04. The number of pyridine rings is 1. The van der Waals surface area contributed by atoms with Gasteiger partial charge in [-0.05, 0) is 32.0 Å². The number of carboxylic acid groups (broad SMARTS) is 1. The Morgan fingerprint density at radius 3 is 2.54 bits per heavy atom. The summed E-state index contributed by atoms with van der Waals surface area (Å²) in [6.07, 6.45) is 4.86. The van der Waals surface area contributed by atoms with Crippen LogP contribution in [0.1, 0.15) is 23.2 Å². The van der Waals surface area contributed by atoms with Gasteiger partial charge < -0.3 is 14.6 Å². The average molecular weight is 357 g/mol. The highest BCUT2D eigenvalue weighted by atomic mass is 19.1. The third-order valence-electron chi connectivity index (χ3n) is 5.72. The minimum absolute atomic E-state index is 0.0446. The number of piperazine rings is 1. The Bertz CT molecular complexity index is 970. The van der Waals surface area contributed by atoms with Crippen LogP contribution in [-0.2, 0) is 0 Å². The number of carbonyl (C=O) groups is 1. The molecule has 6 nitrogen and oxygen atoms in total. The molecule has 1 aromatic heterocycles. The van der Waals surface area contributed by atoms with Crippen molar-refractivity contribution in [3.63, 3.8) is 0 Å². The van der Waals surface area contributed by atoms with Gasteiger partial charge >= 0.3 is 5.97 Å². The van der Waals surface area contributed by atoms with Crippen molar-refractivity contribution >= 4 is 28.8 Å². The van der Waals surface area contributed by atoms with Crippen LogP contribution in [0, 0.1) is 5.82 Å². The van der Waals surface area contributed by atoms with Crippen LogP contribution in [0.15, 0.2) is 29.7 Å². The van der Waals surface area contributed by atoms with E-state index < -0.39 is 22.8 Å². The number of nitrogens with zero attached hydrogens (tertiary/aromatic N) is 3. The molecule has 1 N–H and O–H groups in total. The topological polar surface area (TPSA) is 65.8 Å². The van der Waals surface area contributed by atoms with E-state index in [2.05, 4.69) is 18.5 Å². The highest BCUT2D eigenvalue weighted by molar-refractivity contribution is 5.94. The van der Waals surface area contributed by atoms with Crippen LogP contribution in [0.4, 0.5) is 10.1 Å². The van der Waals surface area contributed by atoms with Crippen molar-refractivity contribution in [3.05, 3.63) is 46.5 Å². The highest BCUT2D eigenvalue weighted by Crippen LogP contribution is 2.33. The van der Waals surface area contributed by atoms with Gasteiger partial charge in [0.1, 0.15) is 11.4 Å². The summed E-state index contributed by atoms with van der Waals surface area (Å²) in [7, 11) is 2.11. The Hall–Kier alpha value is -2.67. The molecular weight excluding hydrogens is 337 g/mol. The van der Waals surface area contributed by atoms with E-state index in [0.29, 0.717) is 23.3 Å². The molecule has 2 aliphatic heterocycles. The molecule has 0 aliphatic carbocycles. The number of carboxylic acids is 1. The molecule has 2 aromatic rings. The number of hydrogen-bond acceptors (Lipinski definition) is 4. The van der Waals surface area contributed by atoms with Gasteiger partial charge in [0.25, 0.3) is 0 Å². The van der Waals surface area contributed by atoms with Crippen molar-refractivity contribution in [1.82, 2.24) is 9.47 Å². The first-order valence-corrected chi connectivity index (χ1v) is 8.62. The fourth-order valence-corrected chi connectivity index (χ4v) is 4.21. The summed E-state index contributed by atoms with van der Waals surface area (Å²) in [4.78, 5) is 28.1. The zero-order valence-corrected chi connectivity index (χ0v) is 14.5. The van der Waals surface area contributed by atoms with Crippen LogP contribution < -0.4 is 10.3 Å². The number of rotatable bonds is 3. The molecule has 0 amide bonds. The van der Waals surface area contributed by atoms with Gasteiger partial charge in [-0.2, -0.15) is 0 Å². The third kappa shape index (κ3) is 2.42. The van der Waals surface area contributed by atoms with Crippen LogP contribution in [0.3, 0.4) is 0 Å². The molecule has 2 saturated heterocycles. The molecule has 0 saturated carbocycles. The highest BCUT2D eigenvalue weighted by Gasteiger charge is 2.38. The normalized spacial score (nSPS) is 22.8. The molecule has 2 bridgehead atoms. The molecule has 0 spiro atoms. The molecule has 0 unspecified atom stereocenters. The number of benzene rings is 1. The van der Waals surface area contributed by atoms with Crippen LogP contribution in [0.2, 0.25) is 0 Å². The lowest BCUT2D eigenvalue weighted by molar-refractivity contribution is 0.0695. The fourth-order valence-electron chi connectivity index (χ4n) is 4.21. The van der Waals surface area contributed by atoms with Crippen molar-refractivity contribution in [3.8, 4) is 0 Å². The van der Waals surface area contributed by atoms with E-state index in [1.807, 2.05) is 4.90 Å². The standard InChI is InChI=1S/C19H20FN3O3/c1-3-22-10-14(19(25)26)18(24)13-6-15(20)17(7-16(13)22)23-8-11-4-5-12(9-23)21(11)2/h3,6-7,10-12H,1,4-5,8-9H2,2H3,(H,25,26)/t11-,12+. The minimum atomic E-state index is -1.34. The van der Waals surface area contributed by atoms with Crippen molar-refractivity contribution < 1.29 is 14.3 Å². The molecule has 2 atom stereocenters. The number of fused-ring (bicyclic) bond motifs is 3. The summed E-state index contributed by atoms with van der Waals surface area (Å²) in [6.45, 7) is 5.15. The summed E-state index contributed by atoms with van der Waals surface area (Å²) >= 11 is 0. The first-order valence-electron chi connectivity index (χ1n) is 8.62. The van der Waals surface area contributed by atoms with E-state index in [-0.39, 0.29) is 5.39 Å². The Morgan fingerprint density at radius 1 is 1.31 bits per heavy atom. The zero-order valence-electron chi connectivity index (χ0n) is 14.5. The van der Waals surface area contributed by atoms with E-state index in [0.717, 1.165) is 32.0 Å². The number of hydrogen-bond donors (Lipinski definition) is 1. The van der Waals surface area contributed by atoms with Gasteiger partial charge in [0, 0.05) is 43.0 Å². The fraction of sp³-hybridized carbons (Fsp3) is 0.368. The quantitative estimate of drug-likeness (QED) is 0.913. The summed E-state index contributed by atoms with van der Waals surface area (Å²) in [5, 5.41) is 9.25. The van der Waals surface area contributed by atoms with Gasteiger partial charge in [-0.1, -0.05) is 6.58 Å². The lowest BCUT2D eigenvalue weighted by atomic mass is 10.1. The zero-order chi connectivity index (χ0) is 18.6. The van der Waals surface area contributed by atoms with Crippen molar-refractivity contribution in [1.29, 1.82) is 0 Å². The molecule has 0 radical (unpaired) electrons. The largest absolute Gasteiger partial charge is 0.477 e. The molecular formula is C19H20FN3O3. The number of anilines is 1. The predicted octanol–water partition coefficient (Wildman–Crippen LogP) is 2.22. The van der Waals surface area contributed by atoms with Crippen molar-refractivity contribution in [2.45, 2.75) is 24.9 Å². The van der Waals surface area contributed by atoms with E-state index in [4.69, 9.17) is 0 Å². The Kier molecular flexibility index (Phi) is 3.84. The van der Waals surface area contributed by atoms with E-state index in [1.54, 1.807) is 6.07 Å². The second kappa shape index (κ2) is 5.95. The predicted molar refractivity (Wildman–Crippen MR) is 98.3 cm³/mol. The molecule has 1 aromatic carbocycles. The molecule has 136 valence electrons. The Morgan fingerprint density at radius 2 is 1.96 bits per heavy atom. The van der Waals surface area contributed by atoms with Crippen molar-refractivity contribution in [2.75, 3.05) is 25.0 Å². The number of aromatic carboxylic acids is 1. The lowest BCUT2D eigenvalue weighted by Crippen LogP contribution is -2.52. The third-order valence-corrected chi connectivity index (χ3v) is 5.72. The Balaban J connectivity index is 1.87. The van der Waals surface area contributed by atoms with Gasteiger partial charge in [-0.25, -0.2) is 9.18 Å². The second-order valence-corrected chi connectivity index (χ2v) is 7.04. The van der Waals surface area contributed by atoms with E-state index in [9.17, 15) is 19.1 Å². The monoisotopic (exact) mass is 357 g/mol. The summed E-state index contributed by atoms with van der Waals surface area (Å²) in [5.74, 6) is -1.84. The minimum Gasteiger partial charge on any atom is -0.477 e. The van der Waals surface area contributed by atoms with Gasteiger partial charge in [-0.3, -0.25) is 9.69 Å².